The predicted molar refractivity (Wildman–Crippen MR) is 71.4 cm³/mol. The fraction of sp³-hybridized carbons (Fsp3) is 0.571. The lowest BCUT2D eigenvalue weighted by atomic mass is 9.77. The molecule has 0 heterocycles. The molecule has 0 atom stereocenters. The summed E-state index contributed by atoms with van der Waals surface area (Å²) in [5.41, 5.74) is 1.19. The van der Waals surface area contributed by atoms with Gasteiger partial charge < -0.3 is 10.1 Å². The van der Waals surface area contributed by atoms with Crippen LogP contribution in [0.1, 0.15) is 31.2 Å². The number of hydrogen-bond donors (Lipinski definition) is 1. The molecule has 1 aliphatic rings. The van der Waals surface area contributed by atoms with Gasteiger partial charge in [-0.3, -0.25) is 0 Å². The van der Waals surface area contributed by atoms with Gasteiger partial charge in [-0.2, -0.15) is 0 Å². The molecule has 1 saturated carbocycles. The molecule has 94 valence electrons. The van der Waals surface area contributed by atoms with Crippen LogP contribution in [-0.4, -0.2) is 19.2 Å². The Morgan fingerprint density at radius 1 is 1.35 bits per heavy atom. The highest BCUT2D eigenvalue weighted by Crippen LogP contribution is 2.39. The van der Waals surface area contributed by atoms with E-state index in [1.165, 1.54) is 19.3 Å². The van der Waals surface area contributed by atoms with Crippen LogP contribution in [0.2, 0.25) is 5.02 Å². The molecule has 1 fully saturated rings. The van der Waals surface area contributed by atoms with Gasteiger partial charge in [-0.1, -0.05) is 29.8 Å². The minimum Gasteiger partial charge on any atom is -0.370 e. The largest absolute Gasteiger partial charge is 0.370 e. The van der Waals surface area contributed by atoms with Crippen LogP contribution < -0.4 is 5.32 Å². The number of hydrogen-bond acceptors (Lipinski definition) is 2. The van der Waals surface area contributed by atoms with Crippen molar-refractivity contribution in [2.24, 2.45) is 0 Å². The monoisotopic (exact) mass is 253 g/mol. The molecule has 0 amide bonds. The van der Waals surface area contributed by atoms with E-state index < -0.39 is 0 Å². The zero-order valence-electron chi connectivity index (χ0n) is 10.3. The van der Waals surface area contributed by atoms with Gasteiger partial charge in [0.2, 0.25) is 0 Å². The van der Waals surface area contributed by atoms with Gasteiger partial charge in [-0.25, -0.2) is 0 Å². The Morgan fingerprint density at radius 3 is 2.71 bits per heavy atom. The van der Waals surface area contributed by atoms with Crippen molar-refractivity contribution in [3.8, 4) is 0 Å². The fourth-order valence-electron chi connectivity index (χ4n) is 2.24. The summed E-state index contributed by atoms with van der Waals surface area (Å²) in [5, 5.41) is 4.00. The van der Waals surface area contributed by atoms with Crippen molar-refractivity contribution in [1.82, 2.24) is 5.32 Å². The summed E-state index contributed by atoms with van der Waals surface area (Å²) in [7, 11) is 1.99. The minimum atomic E-state index is 0.0994. The Labute approximate surface area is 108 Å². The van der Waals surface area contributed by atoms with Crippen molar-refractivity contribution < 1.29 is 4.74 Å². The lowest BCUT2D eigenvalue weighted by Crippen LogP contribution is -2.42. The zero-order chi connectivity index (χ0) is 12.1. The third-order valence-corrected chi connectivity index (χ3v) is 3.96. The summed E-state index contributed by atoms with van der Waals surface area (Å²) >= 11 is 6.13. The van der Waals surface area contributed by atoms with E-state index in [-0.39, 0.29) is 5.60 Å². The van der Waals surface area contributed by atoms with Gasteiger partial charge in [0.05, 0.1) is 12.2 Å². The zero-order valence-corrected chi connectivity index (χ0v) is 11.1. The molecule has 1 aromatic rings. The van der Waals surface area contributed by atoms with E-state index in [9.17, 15) is 0 Å². The predicted octanol–water partition coefficient (Wildman–Crippen LogP) is 3.39. The van der Waals surface area contributed by atoms with Crippen molar-refractivity contribution >= 4 is 11.6 Å². The van der Waals surface area contributed by atoms with Gasteiger partial charge in [0.1, 0.15) is 0 Å². The molecule has 3 heteroatoms. The molecule has 0 aliphatic heterocycles. The number of halogens is 1. The van der Waals surface area contributed by atoms with Crippen molar-refractivity contribution in [2.75, 3.05) is 13.6 Å². The molecule has 0 aromatic heterocycles. The first kappa shape index (κ1) is 12.9. The standard InChI is InChI=1S/C14H20ClNO/c1-16-10-9-14(7-4-8-14)17-11-12-5-2-3-6-13(12)15/h2-3,5-6,16H,4,7-11H2,1H3. The first-order chi connectivity index (χ1) is 8.26. The maximum Gasteiger partial charge on any atom is 0.0738 e. The third kappa shape index (κ3) is 3.21. The molecule has 1 aliphatic carbocycles. The Bertz CT molecular complexity index is 363. The molecule has 2 rings (SSSR count). The Kier molecular flexibility index (Phi) is 4.43. The average Bonchev–Trinajstić information content (AvgIpc) is 2.29. The lowest BCUT2D eigenvalue weighted by molar-refractivity contribution is -0.113. The number of rotatable bonds is 6. The number of benzene rings is 1. The van der Waals surface area contributed by atoms with Gasteiger partial charge >= 0.3 is 0 Å². The second-order valence-corrected chi connectivity index (χ2v) is 5.18. The minimum absolute atomic E-state index is 0.0994. The SMILES string of the molecule is CNCCC1(OCc2ccccc2Cl)CCC1. The molecule has 0 saturated heterocycles. The Hall–Kier alpha value is -0.570. The molecule has 2 nitrogen and oxygen atoms in total. The molecule has 1 N–H and O–H groups in total. The number of nitrogens with one attached hydrogen (secondary N) is 1. The summed E-state index contributed by atoms with van der Waals surface area (Å²) in [4.78, 5) is 0. The van der Waals surface area contributed by atoms with E-state index in [1.54, 1.807) is 0 Å². The second-order valence-electron chi connectivity index (χ2n) is 4.77. The van der Waals surface area contributed by atoms with Crippen molar-refractivity contribution in [1.29, 1.82) is 0 Å². The second kappa shape index (κ2) is 5.85. The third-order valence-electron chi connectivity index (χ3n) is 3.59. The quantitative estimate of drug-likeness (QED) is 0.839. The lowest BCUT2D eigenvalue weighted by Gasteiger charge is -2.42. The van der Waals surface area contributed by atoms with Crippen LogP contribution in [0.4, 0.5) is 0 Å². The molecule has 17 heavy (non-hydrogen) atoms. The van der Waals surface area contributed by atoms with E-state index in [4.69, 9.17) is 16.3 Å². The Morgan fingerprint density at radius 2 is 2.12 bits per heavy atom. The van der Waals surface area contributed by atoms with Crippen LogP contribution in [0.3, 0.4) is 0 Å². The van der Waals surface area contributed by atoms with E-state index in [2.05, 4.69) is 5.32 Å². The van der Waals surface area contributed by atoms with E-state index in [0.29, 0.717) is 6.61 Å². The summed E-state index contributed by atoms with van der Waals surface area (Å²) in [5.74, 6) is 0. The van der Waals surface area contributed by atoms with Crippen molar-refractivity contribution in [3.63, 3.8) is 0 Å². The first-order valence-electron chi connectivity index (χ1n) is 6.28. The summed E-state index contributed by atoms with van der Waals surface area (Å²) in [6.45, 7) is 1.64. The van der Waals surface area contributed by atoms with Gasteiger partial charge in [-0.05, 0) is 50.9 Å². The van der Waals surface area contributed by atoms with E-state index in [1.807, 2.05) is 31.3 Å². The molecular weight excluding hydrogens is 234 g/mol. The maximum atomic E-state index is 6.13. The van der Waals surface area contributed by atoms with E-state index in [0.717, 1.165) is 23.6 Å². The van der Waals surface area contributed by atoms with Crippen molar-refractivity contribution in [2.45, 2.75) is 37.9 Å². The summed E-state index contributed by atoms with van der Waals surface area (Å²) in [6, 6.07) is 7.91. The van der Waals surface area contributed by atoms with E-state index >= 15 is 0 Å². The van der Waals surface area contributed by atoms with Crippen LogP contribution in [0.15, 0.2) is 24.3 Å². The van der Waals surface area contributed by atoms with Gasteiger partial charge in [0, 0.05) is 5.02 Å². The molecule has 0 bridgehead atoms. The topological polar surface area (TPSA) is 21.3 Å². The molecule has 1 aromatic carbocycles. The van der Waals surface area contributed by atoms with Gasteiger partial charge in [0.25, 0.3) is 0 Å². The molecule has 0 spiro atoms. The molecule has 0 radical (unpaired) electrons. The van der Waals surface area contributed by atoms with Crippen LogP contribution in [-0.2, 0) is 11.3 Å². The van der Waals surface area contributed by atoms with Gasteiger partial charge in [0.15, 0.2) is 0 Å². The summed E-state index contributed by atoms with van der Waals surface area (Å²) in [6.07, 6.45) is 4.73. The smallest absolute Gasteiger partial charge is 0.0738 e. The van der Waals surface area contributed by atoms with Crippen molar-refractivity contribution in [3.05, 3.63) is 34.9 Å². The van der Waals surface area contributed by atoms with Crippen LogP contribution >= 0.6 is 11.6 Å². The fourth-order valence-corrected chi connectivity index (χ4v) is 2.43. The van der Waals surface area contributed by atoms with Crippen LogP contribution in [0.5, 0.6) is 0 Å². The highest BCUT2D eigenvalue weighted by atomic mass is 35.5. The Balaban J connectivity index is 1.90. The van der Waals surface area contributed by atoms with Crippen LogP contribution in [0, 0.1) is 0 Å². The number of ether oxygens (including phenoxy) is 1. The van der Waals surface area contributed by atoms with Crippen LogP contribution in [0.25, 0.3) is 0 Å². The molecular formula is C14H20ClNO. The summed E-state index contributed by atoms with van der Waals surface area (Å²) < 4.78 is 6.11. The average molecular weight is 254 g/mol. The first-order valence-corrected chi connectivity index (χ1v) is 6.65. The highest BCUT2D eigenvalue weighted by Gasteiger charge is 2.37. The maximum absolute atomic E-state index is 6.13. The molecule has 0 unspecified atom stereocenters. The normalized spacial score (nSPS) is 17.8. The highest BCUT2D eigenvalue weighted by molar-refractivity contribution is 6.31. The van der Waals surface area contributed by atoms with Gasteiger partial charge in [-0.15, -0.1) is 0 Å².